The highest BCUT2D eigenvalue weighted by molar-refractivity contribution is 7.91. The van der Waals surface area contributed by atoms with Gasteiger partial charge in [0.2, 0.25) is 11.7 Å². The highest BCUT2D eigenvalue weighted by atomic mass is 32.2. The zero-order chi connectivity index (χ0) is 18.7. The van der Waals surface area contributed by atoms with Gasteiger partial charge in [0.25, 0.3) is 0 Å². The SMILES string of the molecule is CCN(Cc1nc(-c2ccc(C)cc2)no1)C(=O)NC1CCS(=O)(=O)C1. The fourth-order valence-electron chi connectivity index (χ4n) is 2.80. The molecule has 1 aromatic heterocycles. The molecule has 0 bridgehead atoms. The summed E-state index contributed by atoms with van der Waals surface area (Å²) in [7, 11) is -3.04. The molecule has 1 aliphatic heterocycles. The normalized spacial score (nSPS) is 18.6. The van der Waals surface area contributed by atoms with Crippen molar-refractivity contribution in [2.24, 2.45) is 0 Å². The van der Waals surface area contributed by atoms with Crippen LogP contribution in [0.3, 0.4) is 0 Å². The van der Waals surface area contributed by atoms with Gasteiger partial charge in [0.15, 0.2) is 9.84 Å². The zero-order valence-electron chi connectivity index (χ0n) is 14.8. The Morgan fingerprint density at radius 3 is 2.69 bits per heavy atom. The molecule has 140 valence electrons. The van der Waals surface area contributed by atoms with Gasteiger partial charge < -0.3 is 14.7 Å². The maximum Gasteiger partial charge on any atom is 0.318 e. The molecule has 2 amide bonds. The Kier molecular flexibility index (Phi) is 5.26. The number of sulfone groups is 1. The fraction of sp³-hybridized carbons (Fsp3) is 0.471. The molecule has 1 unspecified atom stereocenters. The number of carbonyl (C=O) groups is 1. The first-order chi connectivity index (χ1) is 12.4. The standard InChI is InChI=1S/C17H22N4O4S/c1-3-21(17(22)18-14-8-9-26(23,24)11-14)10-15-19-16(20-25-15)13-6-4-12(2)5-7-13/h4-7,14H,3,8-11H2,1-2H3,(H,18,22). The molecule has 0 aliphatic carbocycles. The molecule has 26 heavy (non-hydrogen) atoms. The Labute approximate surface area is 152 Å². The van der Waals surface area contributed by atoms with E-state index in [0.717, 1.165) is 11.1 Å². The lowest BCUT2D eigenvalue weighted by molar-refractivity contribution is 0.186. The summed E-state index contributed by atoms with van der Waals surface area (Å²) in [5, 5.41) is 6.73. The van der Waals surface area contributed by atoms with Crippen LogP contribution in [0.15, 0.2) is 28.8 Å². The van der Waals surface area contributed by atoms with E-state index in [-0.39, 0.29) is 30.1 Å². The van der Waals surface area contributed by atoms with Gasteiger partial charge in [-0.05, 0) is 20.3 Å². The predicted molar refractivity (Wildman–Crippen MR) is 96.1 cm³/mol. The number of rotatable bonds is 5. The molecule has 9 heteroatoms. The van der Waals surface area contributed by atoms with Crippen LogP contribution in [0.4, 0.5) is 4.79 Å². The second-order valence-electron chi connectivity index (χ2n) is 6.44. The van der Waals surface area contributed by atoms with E-state index >= 15 is 0 Å². The molecular weight excluding hydrogens is 356 g/mol. The van der Waals surface area contributed by atoms with Gasteiger partial charge >= 0.3 is 6.03 Å². The Hall–Kier alpha value is -2.42. The van der Waals surface area contributed by atoms with Gasteiger partial charge in [-0.25, -0.2) is 13.2 Å². The number of amides is 2. The first-order valence-electron chi connectivity index (χ1n) is 8.52. The van der Waals surface area contributed by atoms with Crippen molar-refractivity contribution in [2.75, 3.05) is 18.1 Å². The number of aromatic nitrogens is 2. The number of urea groups is 1. The molecule has 1 aromatic carbocycles. The lowest BCUT2D eigenvalue weighted by Crippen LogP contribution is -2.45. The summed E-state index contributed by atoms with van der Waals surface area (Å²) in [6, 6.07) is 7.08. The van der Waals surface area contributed by atoms with Crippen molar-refractivity contribution in [1.82, 2.24) is 20.4 Å². The third-order valence-corrected chi connectivity index (χ3v) is 6.10. The smallest absolute Gasteiger partial charge is 0.318 e. The minimum absolute atomic E-state index is 0.00553. The van der Waals surface area contributed by atoms with Gasteiger partial charge in [-0.3, -0.25) is 0 Å². The van der Waals surface area contributed by atoms with E-state index in [0.29, 0.717) is 24.7 Å². The molecule has 1 N–H and O–H groups in total. The molecule has 1 atom stereocenters. The minimum Gasteiger partial charge on any atom is -0.337 e. The fourth-order valence-corrected chi connectivity index (χ4v) is 4.48. The van der Waals surface area contributed by atoms with Crippen LogP contribution in [0.2, 0.25) is 0 Å². The van der Waals surface area contributed by atoms with Crippen molar-refractivity contribution in [3.8, 4) is 11.4 Å². The second kappa shape index (κ2) is 7.45. The van der Waals surface area contributed by atoms with Gasteiger partial charge in [-0.1, -0.05) is 35.0 Å². The van der Waals surface area contributed by atoms with Crippen molar-refractivity contribution in [3.63, 3.8) is 0 Å². The Balaban J connectivity index is 1.63. The number of nitrogens with one attached hydrogen (secondary N) is 1. The first kappa shape index (κ1) is 18.4. The molecule has 0 saturated carbocycles. The molecule has 8 nitrogen and oxygen atoms in total. The largest absolute Gasteiger partial charge is 0.337 e. The minimum atomic E-state index is -3.04. The average Bonchev–Trinajstić information content (AvgIpc) is 3.19. The number of benzene rings is 1. The maximum absolute atomic E-state index is 12.4. The monoisotopic (exact) mass is 378 g/mol. The van der Waals surface area contributed by atoms with E-state index in [9.17, 15) is 13.2 Å². The Bertz CT molecular complexity index is 876. The average molecular weight is 378 g/mol. The van der Waals surface area contributed by atoms with Crippen molar-refractivity contribution in [2.45, 2.75) is 32.9 Å². The highest BCUT2D eigenvalue weighted by Gasteiger charge is 2.30. The third-order valence-electron chi connectivity index (χ3n) is 4.33. The Morgan fingerprint density at radius 2 is 2.08 bits per heavy atom. The van der Waals surface area contributed by atoms with Crippen molar-refractivity contribution < 1.29 is 17.7 Å². The summed E-state index contributed by atoms with van der Waals surface area (Å²) in [5.74, 6) is 0.914. The third kappa shape index (κ3) is 4.40. The summed E-state index contributed by atoms with van der Waals surface area (Å²) in [6.07, 6.45) is 0.448. The second-order valence-corrected chi connectivity index (χ2v) is 8.67. The van der Waals surface area contributed by atoms with Crippen molar-refractivity contribution in [3.05, 3.63) is 35.7 Å². The predicted octanol–water partition coefficient (Wildman–Crippen LogP) is 1.76. The number of aryl methyl sites for hydroxylation is 1. The van der Waals surface area contributed by atoms with Gasteiger partial charge in [0.05, 0.1) is 11.5 Å². The van der Waals surface area contributed by atoms with Gasteiger partial charge in [0.1, 0.15) is 6.54 Å². The van der Waals surface area contributed by atoms with Crippen LogP contribution in [-0.2, 0) is 16.4 Å². The summed E-state index contributed by atoms with van der Waals surface area (Å²) in [4.78, 5) is 18.2. The number of hydrogen-bond acceptors (Lipinski definition) is 6. The van der Waals surface area contributed by atoms with Crippen LogP contribution in [0.5, 0.6) is 0 Å². The van der Waals surface area contributed by atoms with Crippen LogP contribution in [-0.4, -0.2) is 53.6 Å². The van der Waals surface area contributed by atoms with E-state index < -0.39 is 9.84 Å². The van der Waals surface area contributed by atoms with E-state index in [1.54, 1.807) is 0 Å². The topological polar surface area (TPSA) is 105 Å². The molecule has 2 heterocycles. The van der Waals surface area contributed by atoms with Gasteiger partial charge in [-0.2, -0.15) is 4.98 Å². The molecule has 1 aliphatic rings. The first-order valence-corrected chi connectivity index (χ1v) is 10.3. The van der Waals surface area contributed by atoms with Gasteiger partial charge in [0, 0.05) is 18.2 Å². The molecular formula is C17H22N4O4S. The summed E-state index contributed by atoms with van der Waals surface area (Å²) in [5.41, 5.74) is 1.98. The molecule has 1 fully saturated rings. The number of nitrogens with zero attached hydrogens (tertiary/aromatic N) is 3. The van der Waals surface area contributed by atoms with Crippen LogP contribution in [0, 0.1) is 6.92 Å². The van der Waals surface area contributed by atoms with Crippen LogP contribution in [0.1, 0.15) is 24.8 Å². The molecule has 2 aromatic rings. The van der Waals surface area contributed by atoms with Crippen LogP contribution in [0.25, 0.3) is 11.4 Å². The summed E-state index contributed by atoms with van der Waals surface area (Å²) >= 11 is 0. The number of hydrogen-bond donors (Lipinski definition) is 1. The van der Waals surface area contributed by atoms with E-state index in [4.69, 9.17) is 4.52 Å². The van der Waals surface area contributed by atoms with E-state index in [1.165, 1.54) is 4.90 Å². The maximum atomic E-state index is 12.4. The zero-order valence-corrected chi connectivity index (χ0v) is 15.6. The Morgan fingerprint density at radius 1 is 1.35 bits per heavy atom. The van der Waals surface area contributed by atoms with Crippen molar-refractivity contribution >= 4 is 15.9 Å². The summed E-state index contributed by atoms with van der Waals surface area (Å²) < 4.78 is 28.3. The molecule has 1 saturated heterocycles. The van der Waals surface area contributed by atoms with Crippen LogP contribution < -0.4 is 5.32 Å². The number of carbonyl (C=O) groups excluding carboxylic acids is 1. The van der Waals surface area contributed by atoms with Gasteiger partial charge in [-0.15, -0.1) is 0 Å². The summed E-state index contributed by atoms with van der Waals surface area (Å²) in [6.45, 7) is 4.44. The molecule has 0 radical (unpaired) electrons. The lowest BCUT2D eigenvalue weighted by Gasteiger charge is -2.21. The molecule has 0 spiro atoms. The molecule has 3 rings (SSSR count). The van der Waals surface area contributed by atoms with Crippen LogP contribution >= 0.6 is 0 Å². The highest BCUT2D eigenvalue weighted by Crippen LogP contribution is 2.17. The lowest BCUT2D eigenvalue weighted by atomic mass is 10.1. The van der Waals surface area contributed by atoms with Crippen molar-refractivity contribution in [1.29, 1.82) is 0 Å². The van der Waals surface area contributed by atoms with E-state index in [2.05, 4.69) is 15.5 Å². The quantitative estimate of drug-likeness (QED) is 0.850. The van der Waals surface area contributed by atoms with E-state index in [1.807, 2.05) is 38.1 Å².